The third-order valence-corrected chi connectivity index (χ3v) is 10.1. The fourth-order valence-electron chi connectivity index (χ4n) is 2.58. The topological polar surface area (TPSA) is 22.1 Å². The van der Waals surface area contributed by atoms with Gasteiger partial charge in [0.1, 0.15) is 10.9 Å². The maximum absolute atomic E-state index is 6.48. The molecule has 0 atom stereocenters. The first-order valence-electron chi connectivity index (χ1n) is 8.62. The number of rotatable bonds is 3. The molecule has 0 fully saturated rings. The third-order valence-electron chi connectivity index (χ3n) is 5.06. The van der Waals surface area contributed by atoms with Crippen molar-refractivity contribution in [2.45, 2.75) is 38.9 Å². The average molecular weight is 449 g/mol. The second kappa shape index (κ2) is 6.99. The molecule has 136 valence electrons. The molecule has 0 unspecified atom stereocenters. The number of hydrogen-bond donors (Lipinski definition) is 0. The minimum atomic E-state index is -1.89. The van der Waals surface area contributed by atoms with Gasteiger partial charge in [0.05, 0.1) is 5.52 Å². The number of hydrogen-bond acceptors (Lipinski definition) is 2. The van der Waals surface area contributed by atoms with Crippen molar-refractivity contribution in [3.8, 4) is 16.9 Å². The van der Waals surface area contributed by atoms with Crippen LogP contribution in [-0.2, 0) is 0 Å². The van der Waals surface area contributed by atoms with Gasteiger partial charge < -0.3 is 4.43 Å². The monoisotopic (exact) mass is 447 g/mol. The van der Waals surface area contributed by atoms with Gasteiger partial charge in [0.25, 0.3) is 0 Å². The van der Waals surface area contributed by atoms with Crippen LogP contribution in [0.4, 0.5) is 0 Å². The standard InChI is InChI=1S/C21H23BrClNOSi/c1-21(2,3)26(4,5)25-16-8-6-7-14(11-16)17-13-20(23)24-19-10-9-15(22)12-18(17)19/h6-13H,1-5H3. The first-order valence-corrected chi connectivity index (χ1v) is 12.7. The van der Waals surface area contributed by atoms with Crippen LogP contribution in [0.2, 0.25) is 23.3 Å². The Morgan fingerprint density at radius 2 is 1.77 bits per heavy atom. The number of aromatic nitrogens is 1. The predicted octanol–water partition coefficient (Wildman–Crippen LogP) is 7.70. The van der Waals surface area contributed by atoms with Crippen molar-refractivity contribution in [2.75, 3.05) is 0 Å². The second-order valence-corrected chi connectivity index (χ2v) is 14.1. The van der Waals surface area contributed by atoms with E-state index in [1.807, 2.05) is 30.3 Å². The SMILES string of the molecule is CC(C)(C)[Si](C)(C)Oc1cccc(-c2cc(Cl)nc3ccc(Br)cc23)c1. The molecule has 0 radical (unpaired) electrons. The van der Waals surface area contributed by atoms with Crippen LogP contribution in [0.15, 0.2) is 53.0 Å². The van der Waals surface area contributed by atoms with Gasteiger partial charge in [0.15, 0.2) is 0 Å². The summed E-state index contributed by atoms with van der Waals surface area (Å²) in [5, 5.41) is 1.71. The van der Waals surface area contributed by atoms with E-state index in [0.717, 1.165) is 32.3 Å². The zero-order valence-electron chi connectivity index (χ0n) is 15.7. The molecule has 3 rings (SSSR count). The molecule has 0 aliphatic heterocycles. The lowest BCUT2D eigenvalue weighted by molar-refractivity contribution is 0.492. The van der Waals surface area contributed by atoms with Crippen molar-refractivity contribution in [3.63, 3.8) is 0 Å². The molecule has 0 amide bonds. The number of pyridine rings is 1. The third kappa shape index (κ3) is 3.97. The van der Waals surface area contributed by atoms with Crippen LogP contribution < -0.4 is 4.43 Å². The molecule has 26 heavy (non-hydrogen) atoms. The lowest BCUT2D eigenvalue weighted by Gasteiger charge is -2.36. The zero-order valence-corrected chi connectivity index (χ0v) is 19.1. The Hall–Kier alpha value is -1.36. The maximum atomic E-state index is 6.48. The molecular weight excluding hydrogens is 426 g/mol. The molecule has 1 aromatic heterocycles. The highest BCUT2D eigenvalue weighted by molar-refractivity contribution is 9.10. The van der Waals surface area contributed by atoms with Gasteiger partial charge in [-0.15, -0.1) is 0 Å². The lowest BCUT2D eigenvalue weighted by Crippen LogP contribution is -2.43. The fraction of sp³-hybridized carbons (Fsp3) is 0.286. The predicted molar refractivity (Wildman–Crippen MR) is 118 cm³/mol. The lowest BCUT2D eigenvalue weighted by atomic mass is 10.0. The van der Waals surface area contributed by atoms with Gasteiger partial charge in [-0.25, -0.2) is 4.98 Å². The molecule has 0 saturated heterocycles. The number of fused-ring (bicyclic) bond motifs is 1. The van der Waals surface area contributed by atoms with E-state index >= 15 is 0 Å². The molecule has 5 heteroatoms. The fourth-order valence-corrected chi connectivity index (χ4v) is 4.16. The van der Waals surface area contributed by atoms with Gasteiger partial charge >= 0.3 is 0 Å². The van der Waals surface area contributed by atoms with Gasteiger partial charge in [0, 0.05) is 9.86 Å². The quantitative estimate of drug-likeness (QED) is 0.302. The van der Waals surface area contributed by atoms with Crippen molar-refractivity contribution >= 4 is 46.8 Å². The van der Waals surface area contributed by atoms with Crippen LogP contribution in [0.3, 0.4) is 0 Å². The summed E-state index contributed by atoms with van der Waals surface area (Å²) in [4.78, 5) is 4.44. The minimum absolute atomic E-state index is 0.153. The molecule has 2 nitrogen and oxygen atoms in total. The van der Waals surface area contributed by atoms with Crippen LogP contribution in [0.1, 0.15) is 20.8 Å². The summed E-state index contributed by atoms with van der Waals surface area (Å²) in [5.41, 5.74) is 3.02. The van der Waals surface area contributed by atoms with E-state index in [4.69, 9.17) is 16.0 Å². The molecular formula is C21H23BrClNOSi. The van der Waals surface area contributed by atoms with Crippen molar-refractivity contribution in [1.29, 1.82) is 0 Å². The highest BCUT2D eigenvalue weighted by Crippen LogP contribution is 2.39. The van der Waals surface area contributed by atoms with E-state index in [-0.39, 0.29) is 5.04 Å². The summed E-state index contributed by atoms with van der Waals surface area (Å²) < 4.78 is 7.49. The Balaban J connectivity index is 2.09. The van der Waals surface area contributed by atoms with Crippen LogP contribution in [0.5, 0.6) is 5.75 Å². The van der Waals surface area contributed by atoms with Crippen LogP contribution >= 0.6 is 27.5 Å². The van der Waals surface area contributed by atoms with Crippen molar-refractivity contribution in [2.24, 2.45) is 0 Å². The summed E-state index contributed by atoms with van der Waals surface area (Å²) in [5.74, 6) is 0.908. The summed E-state index contributed by atoms with van der Waals surface area (Å²) in [7, 11) is -1.89. The van der Waals surface area contributed by atoms with Gasteiger partial charge in [-0.3, -0.25) is 0 Å². The van der Waals surface area contributed by atoms with Gasteiger partial charge in [-0.1, -0.05) is 60.4 Å². The first-order chi connectivity index (χ1) is 12.1. The highest BCUT2D eigenvalue weighted by Gasteiger charge is 2.38. The molecule has 0 aliphatic rings. The molecule has 0 aliphatic carbocycles. The molecule has 1 heterocycles. The molecule has 0 saturated carbocycles. The van der Waals surface area contributed by atoms with E-state index in [9.17, 15) is 0 Å². The molecule has 2 aromatic carbocycles. The Labute approximate surface area is 169 Å². The summed E-state index contributed by atoms with van der Waals surface area (Å²) in [6.07, 6.45) is 0. The Kier molecular flexibility index (Phi) is 5.21. The van der Waals surface area contributed by atoms with Crippen molar-refractivity contribution < 1.29 is 4.43 Å². The number of benzene rings is 2. The molecule has 0 N–H and O–H groups in total. The van der Waals surface area contributed by atoms with Crippen LogP contribution in [0, 0.1) is 0 Å². The van der Waals surface area contributed by atoms with Crippen LogP contribution in [0.25, 0.3) is 22.0 Å². The van der Waals surface area contributed by atoms with E-state index in [0.29, 0.717) is 5.15 Å². The van der Waals surface area contributed by atoms with E-state index in [1.54, 1.807) is 0 Å². The number of nitrogens with zero attached hydrogens (tertiary/aromatic N) is 1. The number of halogens is 2. The molecule has 0 spiro atoms. The van der Waals surface area contributed by atoms with E-state index < -0.39 is 8.32 Å². The van der Waals surface area contributed by atoms with Crippen molar-refractivity contribution in [1.82, 2.24) is 4.98 Å². The normalized spacial score (nSPS) is 12.4. The second-order valence-electron chi connectivity index (χ2n) is 8.04. The Morgan fingerprint density at radius 1 is 1.04 bits per heavy atom. The first kappa shape index (κ1) is 19.4. The molecule has 0 bridgehead atoms. The van der Waals surface area contributed by atoms with Crippen molar-refractivity contribution in [3.05, 3.63) is 58.2 Å². The summed E-state index contributed by atoms with van der Waals surface area (Å²) >= 11 is 9.83. The smallest absolute Gasteiger partial charge is 0.250 e. The summed E-state index contributed by atoms with van der Waals surface area (Å²) in [6, 6.07) is 16.2. The Morgan fingerprint density at radius 3 is 2.46 bits per heavy atom. The maximum Gasteiger partial charge on any atom is 0.250 e. The summed E-state index contributed by atoms with van der Waals surface area (Å²) in [6.45, 7) is 11.3. The van der Waals surface area contributed by atoms with Crippen LogP contribution in [-0.4, -0.2) is 13.3 Å². The minimum Gasteiger partial charge on any atom is -0.543 e. The van der Waals surface area contributed by atoms with Gasteiger partial charge in [-0.2, -0.15) is 0 Å². The Bertz CT molecular complexity index is 966. The van der Waals surface area contributed by atoms with E-state index in [1.165, 1.54) is 0 Å². The zero-order chi connectivity index (χ0) is 19.1. The highest BCUT2D eigenvalue weighted by atomic mass is 79.9. The largest absolute Gasteiger partial charge is 0.543 e. The molecule has 3 aromatic rings. The average Bonchev–Trinajstić information content (AvgIpc) is 2.53. The van der Waals surface area contributed by atoms with Gasteiger partial charge in [0.2, 0.25) is 8.32 Å². The van der Waals surface area contributed by atoms with E-state index in [2.05, 4.69) is 73.0 Å². The van der Waals surface area contributed by atoms with Gasteiger partial charge in [-0.05, 0) is 65.7 Å².